The summed E-state index contributed by atoms with van der Waals surface area (Å²) in [5.74, 6) is -0.439. The molecule has 0 saturated heterocycles. The Morgan fingerprint density at radius 2 is 2.19 bits per heavy atom. The molecule has 0 atom stereocenters. The van der Waals surface area contributed by atoms with Crippen LogP contribution in [0.1, 0.15) is 23.1 Å². The van der Waals surface area contributed by atoms with E-state index < -0.39 is 5.97 Å². The maximum absolute atomic E-state index is 12.0. The third-order valence-corrected chi connectivity index (χ3v) is 3.97. The average molecular weight is 298 g/mol. The van der Waals surface area contributed by atoms with E-state index in [9.17, 15) is 4.79 Å². The summed E-state index contributed by atoms with van der Waals surface area (Å²) in [5, 5.41) is 3.23. The molecular formula is C16H14N2O2S. The SMILES string of the molecule is CCOC(=O)c1ncc(C)nc1-c1ccc2ccsc2c1. The van der Waals surface area contributed by atoms with Crippen LogP contribution in [0.15, 0.2) is 35.8 Å². The number of thiophene rings is 1. The first-order valence-corrected chi connectivity index (χ1v) is 7.55. The second-order valence-electron chi connectivity index (χ2n) is 4.60. The number of carbonyl (C=O) groups excluding carboxylic acids is 1. The lowest BCUT2D eigenvalue weighted by molar-refractivity contribution is 0.0520. The van der Waals surface area contributed by atoms with Gasteiger partial charge in [0.05, 0.1) is 12.3 Å². The van der Waals surface area contributed by atoms with Gasteiger partial charge in [0, 0.05) is 16.5 Å². The summed E-state index contributed by atoms with van der Waals surface area (Å²) in [6.07, 6.45) is 1.58. The molecule has 0 N–H and O–H groups in total. The number of benzene rings is 1. The molecule has 0 spiro atoms. The first kappa shape index (κ1) is 13.7. The zero-order chi connectivity index (χ0) is 14.8. The standard InChI is InChI=1S/C16H14N2O2S/c1-3-20-16(19)15-14(18-10(2)9-17-15)12-5-4-11-6-7-21-13(11)8-12/h4-9H,3H2,1-2H3. The van der Waals surface area contributed by atoms with Crippen molar-refractivity contribution in [2.24, 2.45) is 0 Å². The largest absolute Gasteiger partial charge is 0.461 e. The van der Waals surface area contributed by atoms with Gasteiger partial charge in [0.1, 0.15) is 5.69 Å². The van der Waals surface area contributed by atoms with E-state index in [1.54, 1.807) is 24.5 Å². The highest BCUT2D eigenvalue weighted by molar-refractivity contribution is 7.17. The minimum Gasteiger partial charge on any atom is -0.461 e. The molecule has 0 aliphatic rings. The molecule has 3 rings (SSSR count). The number of esters is 1. The fourth-order valence-electron chi connectivity index (χ4n) is 2.13. The van der Waals surface area contributed by atoms with Crippen molar-refractivity contribution in [3.05, 3.63) is 47.2 Å². The zero-order valence-corrected chi connectivity index (χ0v) is 12.6. The molecular weight excluding hydrogens is 284 g/mol. The highest BCUT2D eigenvalue weighted by atomic mass is 32.1. The molecule has 3 aromatic rings. The lowest BCUT2D eigenvalue weighted by atomic mass is 10.1. The van der Waals surface area contributed by atoms with Crippen molar-refractivity contribution in [1.82, 2.24) is 9.97 Å². The van der Waals surface area contributed by atoms with Crippen molar-refractivity contribution in [2.75, 3.05) is 6.61 Å². The van der Waals surface area contributed by atoms with Crippen LogP contribution in [0, 0.1) is 6.92 Å². The van der Waals surface area contributed by atoms with E-state index in [4.69, 9.17) is 4.74 Å². The molecule has 2 heterocycles. The molecule has 0 aliphatic heterocycles. The average Bonchev–Trinajstić information content (AvgIpc) is 2.94. The van der Waals surface area contributed by atoms with Crippen LogP contribution in [-0.4, -0.2) is 22.5 Å². The van der Waals surface area contributed by atoms with Crippen molar-refractivity contribution in [2.45, 2.75) is 13.8 Å². The first-order chi connectivity index (χ1) is 10.2. The Morgan fingerprint density at radius 3 is 3.00 bits per heavy atom. The van der Waals surface area contributed by atoms with Crippen LogP contribution in [-0.2, 0) is 4.74 Å². The number of aryl methyl sites for hydroxylation is 1. The Morgan fingerprint density at radius 1 is 1.33 bits per heavy atom. The van der Waals surface area contributed by atoms with Gasteiger partial charge in [0.25, 0.3) is 0 Å². The third kappa shape index (κ3) is 2.64. The van der Waals surface area contributed by atoms with Crippen molar-refractivity contribution in [3.63, 3.8) is 0 Å². The van der Waals surface area contributed by atoms with E-state index in [2.05, 4.69) is 16.0 Å². The van der Waals surface area contributed by atoms with E-state index >= 15 is 0 Å². The lowest BCUT2D eigenvalue weighted by Gasteiger charge is -2.08. The van der Waals surface area contributed by atoms with Gasteiger partial charge in [0.2, 0.25) is 0 Å². The number of rotatable bonds is 3. The molecule has 0 fully saturated rings. The van der Waals surface area contributed by atoms with Crippen LogP contribution >= 0.6 is 11.3 Å². The predicted molar refractivity (Wildman–Crippen MR) is 83.5 cm³/mol. The van der Waals surface area contributed by atoms with Crippen LogP contribution < -0.4 is 0 Å². The molecule has 21 heavy (non-hydrogen) atoms. The number of fused-ring (bicyclic) bond motifs is 1. The maximum atomic E-state index is 12.0. The molecule has 0 saturated carbocycles. The van der Waals surface area contributed by atoms with Crippen molar-refractivity contribution in [1.29, 1.82) is 0 Å². The Hall–Kier alpha value is -2.27. The molecule has 4 nitrogen and oxygen atoms in total. The molecule has 0 radical (unpaired) electrons. The Labute approximate surface area is 126 Å². The fraction of sp³-hybridized carbons (Fsp3) is 0.188. The van der Waals surface area contributed by atoms with Gasteiger partial charge in [-0.3, -0.25) is 0 Å². The summed E-state index contributed by atoms with van der Waals surface area (Å²) < 4.78 is 6.22. The maximum Gasteiger partial charge on any atom is 0.359 e. The molecule has 1 aromatic carbocycles. The smallest absolute Gasteiger partial charge is 0.359 e. The number of aromatic nitrogens is 2. The van der Waals surface area contributed by atoms with Gasteiger partial charge >= 0.3 is 5.97 Å². The molecule has 106 valence electrons. The summed E-state index contributed by atoms with van der Waals surface area (Å²) >= 11 is 1.66. The van der Waals surface area contributed by atoms with E-state index in [1.165, 1.54) is 5.39 Å². The Kier molecular flexibility index (Phi) is 3.66. The van der Waals surface area contributed by atoms with Gasteiger partial charge in [-0.05, 0) is 36.7 Å². The molecule has 0 amide bonds. The first-order valence-electron chi connectivity index (χ1n) is 6.67. The molecule has 0 bridgehead atoms. The van der Waals surface area contributed by atoms with Gasteiger partial charge < -0.3 is 4.74 Å². The van der Waals surface area contributed by atoms with Crippen molar-refractivity contribution < 1.29 is 9.53 Å². The number of nitrogens with zero attached hydrogens (tertiary/aromatic N) is 2. The van der Waals surface area contributed by atoms with Crippen LogP contribution in [0.4, 0.5) is 0 Å². The summed E-state index contributed by atoms with van der Waals surface area (Å²) in [7, 11) is 0. The number of hydrogen-bond acceptors (Lipinski definition) is 5. The Bertz CT molecular complexity index is 811. The van der Waals surface area contributed by atoms with Crippen LogP contribution in [0.3, 0.4) is 0 Å². The van der Waals surface area contributed by atoms with Gasteiger partial charge in [-0.15, -0.1) is 11.3 Å². The second kappa shape index (κ2) is 5.61. The predicted octanol–water partition coefficient (Wildman–Crippen LogP) is 3.84. The van der Waals surface area contributed by atoms with E-state index in [-0.39, 0.29) is 5.69 Å². The minimum absolute atomic E-state index is 0.262. The third-order valence-electron chi connectivity index (χ3n) is 3.09. The minimum atomic E-state index is -0.439. The van der Waals surface area contributed by atoms with Gasteiger partial charge in [-0.1, -0.05) is 12.1 Å². The van der Waals surface area contributed by atoms with E-state index in [1.807, 2.05) is 30.5 Å². The molecule has 0 unspecified atom stereocenters. The highest BCUT2D eigenvalue weighted by Gasteiger charge is 2.18. The van der Waals surface area contributed by atoms with Gasteiger partial charge in [-0.25, -0.2) is 14.8 Å². The number of carbonyl (C=O) groups is 1. The summed E-state index contributed by atoms with van der Waals surface area (Å²) in [6, 6.07) is 8.09. The van der Waals surface area contributed by atoms with Gasteiger partial charge in [-0.2, -0.15) is 0 Å². The quantitative estimate of drug-likeness (QED) is 0.689. The number of ether oxygens (including phenoxy) is 1. The summed E-state index contributed by atoms with van der Waals surface area (Å²) in [4.78, 5) is 20.7. The van der Waals surface area contributed by atoms with Crippen molar-refractivity contribution >= 4 is 27.4 Å². The molecule has 5 heteroatoms. The monoisotopic (exact) mass is 298 g/mol. The fourth-order valence-corrected chi connectivity index (χ4v) is 2.96. The van der Waals surface area contributed by atoms with E-state index in [0.29, 0.717) is 12.3 Å². The Balaban J connectivity index is 2.15. The highest BCUT2D eigenvalue weighted by Crippen LogP contribution is 2.28. The topological polar surface area (TPSA) is 52.1 Å². The second-order valence-corrected chi connectivity index (χ2v) is 5.55. The summed E-state index contributed by atoms with van der Waals surface area (Å²) in [5.41, 5.74) is 2.48. The van der Waals surface area contributed by atoms with Gasteiger partial charge in [0.15, 0.2) is 5.69 Å². The van der Waals surface area contributed by atoms with E-state index in [0.717, 1.165) is 16.0 Å². The van der Waals surface area contributed by atoms with Crippen LogP contribution in [0.25, 0.3) is 21.3 Å². The normalized spacial score (nSPS) is 10.8. The zero-order valence-electron chi connectivity index (χ0n) is 11.8. The molecule has 0 aliphatic carbocycles. The van der Waals surface area contributed by atoms with Crippen molar-refractivity contribution in [3.8, 4) is 11.3 Å². The molecule has 2 aromatic heterocycles. The number of hydrogen-bond donors (Lipinski definition) is 0. The summed E-state index contributed by atoms with van der Waals surface area (Å²) in [6.45, 7) is 3.95. The van der Waals surface area contributed by atoms with Crippen LogP contribution in [0.5, 0.6) is 0 Å². The lowest BCUT2D eigenvalue weighted by Crippen LogP contribution is -2.10. The van der Waals surface area contributed by atoms with Crippen LogP contribution in [0.2, 0.25) is 0 Å².